The fourth-order valence-corrected chi connectivity index (χ4v) is 4.84. The molecule has 0 spiro atoms. The molecule has 0 bridgehead atoms. The Morgan fingerprint density at radius 2 is 2.15 bits per heavy atom. The summed E-state index contributed by atoms with van der Waals surface area (Å²) in [7, 11) is 1.61. The number of rotatable bonds is 3. The lowest BCUT2D eigenvalue weighted by atomic mass is 10.0. The van der Waals surface area contributed by atoms with Crippen LogP contribution in [0.5, 0.6) is 5.75 Å². The van der Waals surface area contributed by atoms with Gasteiger partial charge in [0, 0.05) is 17.0 Å². The van der Waals surface area contributed by atoms with Gasteiger partial charge in [0.2, 0.25) is 0 Å². The molecule has 1 aromatic carbocycles. The maximum absolute atomic E-state index is 12.8. The van der Waals surface area contributed by atoms with Crippen LogP contribution in [-0.4, -0.2) is 37.2 Å². The molecule has 0 aliphatic carbocycles. The number of ether oxygens (including phenoxy) is 2. The van der Waals surface area contributed by atoms with Crippen LogP contribution in [0.25, 0.3) is 0 Å². The van der Waals surface area contributed by atoms with E-state index >= 15 is 0 Å². The molecular weight excluding hydrogens is 366 g/mol. The van der Waals surface area contributed by atoms with E-state index in [0.29, 0.717) is 37.4 Å². The summed E-state index contributed by atoms with van der Waals surface area (Å²) in [6, 6.07) is 7.61. The van der Waals surface area contributed by atoms with Gasteiger partial charge >= 0.3 is 6.09 Å². The van der Waals surface area contributed by atoms with E-state index < -0.39 is 0 Å². The second-order valence-corrected chi connectivity index (χ2v) is 7.48. The molecule has 0 unspecified atom stereocenters. The van der Waals surface area contributed by atoms with Crippen LogP contribution in [0.15, 0.2) is 24.3 Å². The zero-order valence-electron chi connectivity index (χ0n) is 15.2. The number of amides is 2. The zero-order chi connectivity index (χ0) is 19.0. The Labute approximate surface area is 161 Å². The number of thiophene rings is 1. The molecule has 142 valence electrons. The fraction of sp³-hybridized carbons (Fsp3) is 0.368. The third-order valence-electron chi connectivity index (χ3n) is 4.81. The summed E-state index contributed by atoms with van der Waals surface area (Å²) in [6.07, 6.45) is -0.0183. The van der Waals surface area contributed by atoms with Crippen molar-refractivity contribution in [2.24, 2.45) is 0 Å². The lowest BCUT2D eigenvalue weighted by molar-refractivity contribution is 0.0933. The molecule has 27 heavy (non-hydrogen) atoms. The number of benzene rings is 1. The van der Waals surface area contributed by atoms with E-state index in [1.807, 2.05) is 24.3 Å². The lowest BCUT2D eigenvalue weighted by Gasteiger charge is -2.28. The molecule has 0 saturated heterocycles. The molecule has 2 amide bonds. The molecule has 3 heterocycles. The first-order chi connectivity index (χ1) is 13.1. The highest BCUT2D eigenvalue weighted by Gasteiger charge is 2.35. The quantitative estimate of drug-likeness (QED) is 0.846. The van der Waals surface area contributed by atoms with Gasteiger partial charge in [-0.05, 0) is 25.0 Å². The first-order valence-electron chi connectivity index (χ1n) is 8.89. The number of fused-ring (bicyclic) bond motifs is 3. The fourth-order valence-electron chi connectivity index (χ4n) is 3.55. The molecule has 7 nitrogen and oxygen atoms in total. The maximum atomic E-state index is 12.8. The normalized spacial score (nSPS) is 18.1. The first kappa shape index (κ1) is 17.7. The molecule has 2 aliphatic heterocycles. The molecule has 8 heteroatoms. The molecule has 0 radical (unpaired) electrons. The maximum Gasteiger partial charge on any atom is 0.410 e. The van der Waals surface area contributed by atoms with Gasteiger partial charge in [0.25, 0.3) is 5.91 Å². The molecule has 1 atom stereocenters. The molecule has 4 rings (SSSR count). The Balaban J connectivity index is 1.62. The lowest BCUT2D eigenvalue weighted by Crippen LogP contribution is -2.39. The number of nitrogens with one attached hydrogen (secondary N) is 2. The summed E-state index contributed by atoms with van der Waals surface area (Å²) in [5, 5.41) is 7.28. The summed E-state index contributed by atoms with van der Waals surface area (Å²) in [5.41, 5.74) is 2.60. The third kappa shape index (κ3) is 3.10. The largest absolute Gasteiger partial charge is 0.496 e. The Morgan fingerprint density at radius 3 is 2.93 bits per heavy atom. The zero-order valence-corrected chi connectivity index (χ0v) is 16.0. The summed E-state index contributed by atoms with van der Waals surface area (Å²) in [6.45, 7) is 3.18. The van der Waals surface area contributed by atoms with Crippen molar-refractivity contribution < 1.29 is 19.1 Å². The SMILES string of the molecule is CCOC(=O)N1CCc2c(sc3c2C(=O)N[C@H](c2ccccc2OC)N3)C1. The van der Waals surface area contributed by atoms with Crippen molar-refractivity contribution in [3.63, 3.8) is 0 Å². The van der Waals surface area contributed by atoms with E-state index in [1.54, 1.807) is 18.9 Å². The van der Waals surface area contributed by atoms with Gasteiger partial charge in [-0.2, -0.15) is 0 Å². The smallest absolute Gasteiger partial charge is 0.410 e. The average Bonchev–Trinajstić information content (AvgIpc) is 3.06. The minimum absolute atomic E-state index is 0.0956. The van der Waals surface area contributed by atoms with E-state index in [2.05, 4.69) is 10.6 Å². The Bertz CT molecular complexity index is 895. The van der Waals surface area contributed by atoms with E-state index in [9.17, 15) is 9.59 Å². The Kier molecular flexibility index (Phi) is 4.65. The van der Waals surface area contributed by atoms with Crippen molar-refractivity contribution >= 4 is 28.3 Å². The number of nitrogens with zero attached hydrogens (tertiary/aromatic N) is 1. The van der Waals surface area contributed by atoms with Gasteiger partial charge in [0.05, 0.1) is 25.8 Å². The summed E-state index contributed by atoms with van der Waals surface area (Å²) >= 11 is 1.53. The molecule has 0 fully saturated rings. The van der Waals surface area contributed by atoms with Crippen molar-refractivity contribution in [1.29, 1.82) is 0 Å². The molecule has 2 aromatic rings. The van der Waals surface area contributed by atoms with Crippen LogP contribution >= 0.6 is 11.3 Å². The van der Waals surface area contributed by atoms with Crippen molar-refractivity contribution in [1.82, 2.24) is 10.2 Å². The Hall–Kier alpha value is -2.74. The number of hydrogen-bond donors (Lipinski definition) is 2. The highest BCUT2D eigenvalue weighted by molar-refractivity contribution is 7.16. The molecule has 0 saturated carbocycles. The van der Waals surface area contributed by atoms with Gasteiger partial charge in [0.1, 0.15) is 16.9 Å². The second-order valence-electron chi connectivity index (χ2n) is 6.37. The van der Waals surface area contributed by atoms with E-state index in [0.717, 1.165) is 21.0 Å². The highest BCUT2D eigenvalue weighted by atomic mass is 32.1. The second kappa shape index (κ2) is 7.11. The Morgan fingerprint density at radius 1 is 1.33 bits per heavy atom. The van der Waals surface area contributed by atoms with Crippen molar-refractivity contribution in [3.8, 4) is 5.75 Å². The van der Waals surface area contributed by atoms with Gasteiger partial charge in [-0.1, -0.05) is 18.2 Å². The van der Waals surface area contributed by atoms with Crippen LogP contribution in [-0.2, 0) is 17.7 Å². The van der Waals surface area contributed by atoms with Crippen LogP contribution in [0, 0.1) is 0 Å². The van der Waals surface area contributed by atoms with Gasteiger partial charge in [-0.15, -0.1) is 11.3 Å². The summed E-state index contributed by atoms with van der Waals surface area (Å²) in [4.78, 5) is 27.6. The molecule has 1 aromatic heterocycles. The summed E-state index contributed by atoms with van der Waals surface area (Å²) < 4.78 is 10.5. The number of hydrogen-bond acceptors (Lipinski definition) is 6. The standard InChI is InChI=1S/C19H21N3O4S/c1-3-26-19(24)22-9-8-12-14(10-22)27-18-15(12)17(23)20-16(21-18)11-6-4-5-7-13(11)25-2/h4-7,16,21H,3,8-10H2,1-2H3,(H,20,23)/t16-/m0/s1. The van der Waals surface area contributed by atoms with Crippen LogP contribution < -0.4 is 15.4 Å². The minimum Gasteiger partial charge on any atom is -0.496 e. The van der Waals surface area contributed by atoms with Gasteiger partial charge in [-0.3, -0.25) is 4.79 Å². The van der Waals surface area contributed by atoms with E-state index in [-0.39, 0.29) is 18.2 Å². The van der Waals surface area contributed by atoms with Crippen LogP contribution in [0.4, 0.5) is 9.80 Å². The first-order valence-corrected chi connectivity index (χ1v) is 9.70. The predicted molar refractivity (Wildman–Crippen MR) is 102 cm³/mol. The molecular formula is C19H21N3O4S. The topological polar surface area (TPSA) is 79.9 Å². The van der Waals surface area contributed by atoms with Crippen molar-refractivity contribution in [2.75, 3.05) is 25.6 Å². The van der Waals surface area contributed by atoms with Gasteiger partial charge in [0.15, 0.2) is 0 Å². The van der Waals surface area contributed by atoms with E-state index in [4.69, 9.17) is 9.47 Å². The van der Waals surface area contributed by atoms with E-state index in [1.165, 1.54) is 11.3 Å². The van der Waals surface area contributed by atoms with Crippen molar-refractivity contribution in [3.05, 3.63) is 45.8 Å². The van der Waals surface area contributed by atoms with Crippen LogP contribution in [0.2, 0.25) is 0 Å². The number of anilines is 1. The average molecular weight is 387 g/mol. The van der Waals surface area contributed by atoms with Crippen molar-refractivity contribution in [2.45, 2.75) is 26.1 Å². The van der Waals surface area contributed by atoms with Crippen LogP contribution in [0.1, 0.15) is 39.5 Å². The van der Waals surface area contributed by atoms with Gasteiger partial charge < -0.3 is 25.0 Å². The molecule has 2 aliphatic rings. The highest BCUT2D eigenvalue weighted by Crippen LogP contribution is 2.41. The predicted octanol–water partition coefficient (Wildman–Crippen LogP) is 3.13. The number of carbonyl (C=O) groups excluding carboxylic acids is 2. The molecule has 2 N–H and O–H groups in total. The number of methoxy groups -OCH3 is 1. The van der Waals surface area contributed by atoms with Crippen LogP contribution in [0.3, 0.4) is 0 Å². The van der Waals surface area contributed by atoms with Gasteiger partial charge in [-0.25, -0.2) is 4.79 Å². The third-order valence-corrected chi connectivity index (χ3v) is 5.96. The number of carbonyl (C=O) groups is 2. The number of para-hydroxylation sites is 1. The summed E-state index contributed by atoms with van der Waals surface area (Å²) in [5.74, 6) is 0.621. The monoisotopic (exact) mass is 387 g/mol. The minimum atomic E-state index is -0.359.